The molecule has 1 aliphatic heterocycles. The lowest BCUT2D eigenvalue weighted by molar-refractivity contribution is 0.141. The molecule has 1 amide bonds. The molecule has 0 radical (unpaired) electrons. The highest BCUT2D eigenvalue weighted by Crippen LogP contribution is 2.25. The number of hydrogen-bond donors (Lipinski definition) is 2. The smallest absolute Gasteiger partial charge is 0.407 e. The van der Waals surface area contributed by atoms with Gasteiger partial charge in [0.05, 0.1) is 6.04 Å². The number of pyridine rings is 1. The standard InChI is InChI=1S/C22H21N3O3/c1-15-20(25-22(26)27-15)14-16-5-9-18(10-6-16)28-19-11-7-17(8-12-19)24-21-4-2-3-13-23-21/h2-13,15,20H,14H2,1H3,(H,23,24)(H,25,26). The SMILES string of the molecule is CC1OC(=O)NC1Cc1ccc(Oc2ccc(Nc3ccccn3)cc2)cc1. The van der Waals surface area contributed by atoms with E-state index in [4.69, 9.17) is 9.47 Å². The molecule has 2 heterocycles. The van der Waals surface area contributed by atoms with Gasteiger partial charge in [0.1, 0.15) is 23.4 Å². The molecule has 1 saturated heterocycles. The number of benzene rings is 2. The summed E-state index contributed by atoms with van der Waals surface area (Å²) >= 11 is 0. The summed E-state index contributed by atoms with van der Waals surface area (Å²) in [5, 5.41) is 6.06. The van der Waals surface area contributed by atoms with Gasteiger partial charge < -0.3 is 20.1 Å². The van der Waals surface area contributed by atoms with Crippen molar-refractivity contribution in [2.45, 2.75) is 25.5 Å². The number of carbonyl (C=O) groups is 1. The van der Waals surface area contributed by atoms with Crippen molar-refractivity contribution < 1.29 is 14.3 Å². The van der Waals surface area contributed by atoms with Crippen LogP contribution in [-0.4, -0.2) is 23.2 Å². The summed E-state index contributed by atoms with van der Waals surface area (Å²) in [6.45, 7) is 1.90. The molecule has 142 valence electrons. The zero-order valence-corrected chi connectivity index (χ0v) is 15.5. The minimum Gasteiger partial charge on any atom is -0.457 e. The van der Waals surface area contributed by atoms with Crippen LogP contribution < -0.4 is 15.4 Å². The third-order valence-corrected chi connectivity index (χ3v) is 4.57. The highest BCUT2D eigenvalue weighted by Gasteiger charge is 2.30. The van der Waals surface area contributed by atoms with Crippen LogP contribution in [0.2, 0.25) is 0 Å². The maximum atomic E-state index is 11.3. The molecule has 6 heteroatoms. The Morgan fingerprint density at radius 3 is 2.36 bits per heavy atom. The first-order valence-electron chi connectivity index (χ1n) is 9.18. The number of carbonyl (C=O) groups excluding carboxylic acids is 1. The second kappa shape index (κ2) is 8.00. The van der Waals surface area contributed by atoms with Gasteiger partial charge in [-0.2, -0.15) is 0 Å². The van der Waals surface area contributed by atoms with E-state index in [0.29, 0.717) is 0 Å². The van der Waals surface area contributed by atoms with Gasteiger partial charge >= 0.3 is 6.09 Å². The molecule has 4 rings (SSSR count). The summed E-state index contributed by atoms with van der Waals surface area (Å²) < 4.78 is 11.0. The number of hydrogen-bond acceptors (Lipinski definition) is 5. The van der Waals surface area contributed by atoms with Gasteiger partial charge in [0.25, 0.3) is 0 Å². The zero-order chi connectivity index (χ0) is 19.3. The summed E-state index contributed by atoms with van der Waals surface area (Å²) in [6.07, 6.45) is 2.00. The molecule has 2 N–H and O–H groups in total. The van der Waals surface area contributed by atoms with Crippen LogP contribution >= 0.6 is 0 Å². The lowest BCUT2D eigenvalue weighted by atomic mass is 10.0. The van der Waals surface area contributed by atoms with Gasteiger partial charge in [-0.25, -0.2) is 9.78 Å². The number of rotatable bonds is 6. The molecule has 2 unspecified atom stereocenters. The predicted molar refractivity (Wildman–Crippen MR) is 107 cm³/mol. The number of nitrogens with zero attached hydrogens (tertiary/aromatic N) is 1. The second-order valence-electron chi connectivity index (χ2n) is 6.68. The van der Waals surface area contributed by atoms with Crippen LogP contribution in [0.1, 0.15) is 12.5 Å². The Hall–Kier alpha value is -3.54. The van der Waals surface area contributed by atoms with E-state index < -0.39 is 0 Å². The van der Waals surface area contributed by atoms with Gasteiger partial charge in [-0.3, -0.25) is 0 Å². The van der Waals surface area contributed by atoms with Crippen LogP contribution in [0, 0.1) is 0 Å². The summed E-state index contributed by atoms with van der Waals surface area (Å²) in [5.74, 6) is 2.31. The van der Waals surface area contributed by atoms with E-state index in [9.17, 15) is 4.79 Å². The van der Waals surface area contributed by atoms with E-state index in [2.05, 4.69) is 15.6 Å². The van der Waals surface area contributed by atoms with E-state index in [1.54, 1.807) is 6.20 Å². The lowest BCUT2D eigenvalue weighted by Crippen LogP contribution is -2.32. The summed E-state index contributed by atoms with van der Waals surface area (Å²) in [5.41, 5.74) is 2.06. The molecular weight excluding hydrogens is 354 g/mol. The Kier molecular flexibility index (Phi) is 5.10. The van der Waals surface area contributed by atoms with Crippen molar-refractivity contribution >= 4 is 17.6 Å². The monoisotopic (exact) mass is 375 g/mol. The fraction of sp³-hybridized carbons (Fsp3) is 0.182. The van der Waals surface area contributed by atoms with E-state index in [-0.39, 0.29) is 18.2 Å². The maximum Gasteiger partial charge on any atom is 0.407 e. The Morgan fingerprint density at radius 2 is 1.75 bits per heavy atom. The van der Waals surface area contributed by atoms with Crippen molar-refractivity contribution in [1.29, 1.82) is 0 Å². The summed E-state index contributed by atoms with van der Waals surface area (Å²) in [7, 11) is 0. The van der Waals surface area contributed by atoms with Crippen molar-refractivity contribution in [3.05, 3.63) is 78.5 Å². The van der Waals surface area contributed by atoms with Crippen molar-refractivity contribution in [3.63, 3.8) is 0 Å². The average molecular weight is 375 g/mol. The molecule has 0 bridgehead atoms. The molecule has 0 spiro atoms. The first kappa shape index (κ1) is 17.9. The highest BCUT2D eigenvalue weighted by atomic mass is 16.6. The predicted octanol–water partition coefficient (Wildman–Crippen LogP) is 4.66. The highest BCUT2D eigenvalue weighted by molar-refractivity contribution is 5.70. The number of amides is 1. The fourth-order valence-corrected chi connectivity index (χ4v) is 3.05. The molecule has 2 aromatic carbocycles. The van der Waals surface area contributed by atoms with Gasteiger partial charge in [0.2, 0.25) is 0 Å². The van der Waals surface area contributed by atoms with Crippen LogP contribution in [0.5, 0.6) is 11.5 Å². The molecule has 28 heavy (non-hydrogen) atoms. The first-order chi connectivity index (χ1) is 13.7. The second-order valence-corrected chi connectivity index (χ2v) is 6.68. The molecule has 0 aliphatic carbocycles. The molecule has 1 fully saturated rings. The van der Waals surface area contributed by atoms with Gasteiger partial charge in [0.15, 0.2) is 0 Å². The summed E-state index contributed by atoms with van der Waals surface area (Å²) in [6, 6.07) is 21.3. The zero-order valence-electron chi connectivity index (χ0n) is 15.5. The number of cyclic esters (lactones) is 1. The van der Waals surface area contributed by atoms with Gasteiger partial charge in [-0.05, 0) is 67.4 Å². The minimum atomic E-state index is -0.349. The molecule has 2 atom stereocenters. The third-order valence-electron chi connectivity index (χ3n) is 4.57. The average Bonchev–Trinajstić information content (AvgIpc) is 3.02. The topological polar surface area (TPSA) is 72.5 Å². The van der Waals surface area contributed by atoms with Crippen LogP contribution in [0.25, 0.3) is 0 Å². The number of nitrogens with one attached hydrogen (secondary N) is 2. The number of alkyl carbamates (subject to hydrolysis) is 1. The quantitative estimate of drug-likeness (QED) is 0.656. The van der Waals surface area contributed by atoms with Crippen molar-refractivity contribution in [3.8, 4) is 11.5 Å². The number of aromatic nitrogens is 1. The van der Waals surface area contributed by atoms with Crippen molar-refractivity contribution in [1.82, 2.24) is 10.3 Å². The fourth-order valence-electron chi connectivity index (χ4n) is 3.05. The van der Waals surface area contributed by atoms with Crippen LogP contribution in [0.3, 0.4) is 0 Å². The largest absolute Gasteiger partial charge is 0.457 e. The molecule has 6 nitrogen and oxygen atoms in total. The van der Waals surface area contributed by atoms with Crippen LogP contribution in [0.15, 0.2) is 72.9 Å². The number of ether oxygens (including phenoxy) is 2. The molecule has 0 saturated carbocycles. The molecular formula is C22H21N3O3. The van der Waals surface area contributed by atoms with Crippen molar-refractivity contribution in [2.75, 3.05) is 5.32 Å². The number of anilines is 2. The van der Waals surface area contributed by atoms with E-state index in [1.807, 2.05) is 73.7 Å². The lowest BCUT2D eigenvalue weighted by Gasteiger charge is -2.13. The molecule has 3 aromatic rings. The Balaban J connectivity index is 1.34. The minimum absolute atomic E-state index is 0.00147. The van der Waals surface area contributed by atoms with E-state index in [0.717, 1.165) is 35.0 Å². The first-order valence-corrected chi connectivity index (χ1v) is 9.18. The van der Waals surface area contributed by atoms with Crippen LogP contribution in [0.4, 0.5) is 16.3 Å². The Labute approximate surface area is 163 Å². The van der Waals surface area contributed by atoms with Gasteiger partial charge in [-0.15, -0.1) is 0 Å². The van der Waals surface area contributed by atoms with Gasteiger partial charge in [0, 0.05) is 11.9 Å². The molecule has 1 aromatic heterocycles. The normalized spacial score (nSPS) is 18.2. The molecule has 1 aliphatic rings. The third kappa shape index (κ3) is 4.40. The Morgan fingerprint density at radius 1 is 1.04 bits per heavy atom. The maximum absolute atomic E-state index is 11.3. The van der Waals surface area contributed by atoms with E-state index >= 15 is 0 Å². The van der Waals surface area contributed by atoms with Crippen LogP contribution in [-0.2, 0) is 11.2 Å². The van der Waals surface area contributed by atoms with Gasteiger partial charge in [-0.1, -0.05) is 18.2 Å². The summed E-state index contributed by atoms with van der Waals surface area (Å²) in [4.78, 5) is 15.5. The van der Waals surface area contributed by atoms with Crippen molar-refractivity contribution in [2.24, 2.45) is 0 Å². The Bertz CT molecular complexity index is 928. The van der Waals surface area contributed by atoms with E-state index in [1.165, 1.54) is 0 Å².